The van der Waals surface area contributed by atoms with E-state index in [0.717, 1.165) is 29.9 Å². The van der Waals surface area contributed by atoms with E-state index in [9.17, 15) is 0 Å². The van der Waals surface area contributed by atoms with Crippen molar-refractivity contribution in [2.24, 2.45) is 17.5 Å². The van der Waals surface area contributed by atoms with Gasteiger partial charge in [0.25, 0.3) is 0 Å². The number of hydrogen-bond acceptors (Lipinski definition) is 4. The van der Waals surface area contributed by atoms with Gasteiger partial charge < -0.3 is 0 Å². The Morgan fingerprint density at radius 1 is 0.441 bits per heavy atom. The third kappa shape index (κ3) is 5.58. The zero-order valence-electron chi connectivity index (χ0n) is 17.8. The highest BCUT2D eigenvalue weighted by Gasteiger charge is 2.15. The van der Waals surface area contributed by atoms with Crippen molar-refractivity contribution in [3.63, 3.8) is 0 Å². The molecule has 1 aliphatic rings. The molecule has 0 N–H and O–H groups in total. The van der Waals surface area contributed by atoms with Crippen LogP contribution < -0.4 is 0 Å². The van der Waals surface area contributed by atoms with E-state index in [2.05, 4.69) is 31.9 Å². The van der Waals surface area contributed by atoms with E-state index in [-0.39, 0.29) is 0 Å². The second kappa shape index (κ2) is 10.8. The largest absolute Gasteiger partial charge is 0.180 e. The van der Waals surface area contributed by atoms with Crippen LogP contribution in [0.4, 0.5) is 0 Å². The minimum Gasteiger partial charge on any atom is -0.180 e. The number of halogens is 2. The summed E-state index contributed by atoms with van der Waals surface area (Å²) in [4.78, 5) is 2.03. The highest BCUT2D eigenvalue weighted by molar-refractivity contribution is 9.10. The molecule has 168 valence electrons. The summed E-state index contributed by atoms with van der Waals surface area (Å²) in [6.45, 7) is 0. The van der Waals surface area contributed by atoms with Crippen molar-refractivity contribution in [1.29, 1.82) is 0 Å². The number of hydrogen-bond donors (Lipinski definition) is 0. The molecule has 4 nitrogen and oxygen atoms in total. The maximum Gasteiger partial charge on any atom is 0.177 e. The number of nitrogens with zero attached hydrogens (tertiary/aromatic N) is 4. The zero-order chi connectivity index (χ0) is 23.3. The molecule has 34 heavy (non-hydrogen) atoms. The van der Waals surface area contributed by atoms with E-state index in [1.165, 1.54) is 0 Å². The minimum atomic E-state index is -0.810. The number of amidine groups is 2. The lowest BCUT2D eigenvalue weighted by Crippen LogP contribution is -2.09. The topological polar surface area (TPSA) is 49.4 Å². The lowest BCUT2D eigenvalue weighted by atomic mass is 10.2. The zero-order valence-corrected chi connectivity index (χ0v) is 22.6. The van der Waals surface area contributed by atoms with E-state index in [0.29, 0.717) is 11.7 Å². The summed E-state index contributed by atoms with van der Waals surface area (Å²) in [6.07, 6.45) is 0. The molecule has 8 heteroatoms. The van der Waals surface area contributed by atoms with Crippen molar-refractivity contribution in [3.8, 4) is 0 Å². The van der Waals surface area contributed by atoms with E-state index in [1.807, 2.05) is 109 Å². The average molecular weight is 610 g/mol. The van der Waals surface area contributed by atoms with E-state index in [4.69, 9.17) is 17.5 Å². The standard InChI is InChI=1S/C26H18Br2N4S2/c27-21-15-11-19(12-16-21)25-29-33(23-7-3-1-4-8-23)30-26(20-13-17-22(28)18-14-20)32-34(31-25)24-9-5-2-6-10-24/h1-18H/b29-25-,30-26?,31-25?,32-26-. The van der Waals surface area contributed by atoms with Gasteiger partial charge in [0.1, 0.15) is 0 Å². The molecule has 0 saturated heterocycles. The third-order valence-corrected chi connectivity index (χ3v) is 8.63. The fourth-order valence-electron chi connectivity index (χ4n) is 3.11. The summed E-state index contributed by atoms with van der Waals surface area (Å²) in [5.41, 5.74) is 1.87. The van der Waals surface area contributed by atoms with Crippen LogP contribution in [0, 0.1) is 0 Å². The molecule has 0 spiro atoms. The average Bonchev–Trinajstić information content (AvgIpc) is 2.87. The van der Waals surface area contributed by atoms with E-state index >= 15 is 0 Å². The Morgan fingerprint density at radius 3 is 1.15 bits per heavy atom. The van der Waals surface area contributed by atoms with Crippen molar-refractivity contribution in [1.82, 2.24) is 0 Å². The second-order valence-electron chi connectivity index (χ2n) is 7.18. The molecule has 0 aromatic heterocycles. The molecule has 4 aromatic rings. The van der Waals surface area contributed by atoms with Gasteiger partial charge in [-0.25, -0.2) is 0 Å². The van der Waals surface area contributed by atoms with Gasteiger partial charge in [0.05, 0.1) is 21.8 Å². The van der Waals surface area contributed by atoms with Gasteiger partial charge in [-0.15, -0.1) is 0 Å². The molecule has 0 fully saturated rings. The quantitative estimate of drug-likeness (QED) is 0.225. The fourth-order valence-corrected chi connectivity index (χ4v) is 6.28. The van der Waals surface area contributed by atoms with E-state index in [1.54, 1.807) is 0 Å². The lowest BCUT2D eigenvalue weighted by molar-refractivity contribution is 1.40. The number of rotatable bonds is 4. The van der Waals surface area contributed by atoms with Gasteiger partial charge >= 0.3 is 0 Å². The molecule has 0 bridgehead atoms. The van der Waals surface area contributed by atoms with Crippen LogP contribution in [0.5, 0.6) is 0 Å². The maximum atomic E-state index is 5.09. The van der Waals surface area contributed by atoms with Crippen molar-refractivity contribution in [2.45, 2.75) is 9.79 Å². The molecule has 0 amide bonds. The van der Waals surface area contributed by atoms with Gasteiger partial charge in [-0.3, -0.25) is 0 Å². The monoisotopic (exact) mass is 608 g/mol. The Labute approximate surface area is 220 Å². The molecule has 5 rings (SSSR count). The number of benzene rings is 4. The van der Waals surface area contributed by atoms with Crippen molar-refractivity contribution in [3.05, 3.63) is 129 Å². The lowest BCUT2D eigenvalue weighted by Gasteiger charge is -2.13. The first-order chi connectivity index (χ1) is 16.7. The van der Waals surface area contributed by atoms with Crippen LogP contribution in [0.15, 0.2) is 145 Å². The fraction of sp³-hybridized carbons (Fsp3) is 0. The molecular weight excluding hydrogens is 592 g/mol. The van der Waals surface area contributed by atoms with Gasteiger partial charge in [-0.2, -0.15) is 17.5 Å². The summed E-state index contributed by atoms with van der Waals surface area (Å²) < 4.78 is 22.4. The highest BCUT2D eigenvalue weighted by atomic mass is 79.9. The first-order valence-electron chi connectivity index (χ1n) is 10.4. The minimum absolute atomic E-state index is 0.647. The molecule has 0 radical (unpaired) electrons. The summed E-state index contributed by atoms with van der Waals surface area (Å²) in [7, 11) is -1.62. The molecule has 2 unspecified atom stereocenters. The van der Waals surface area contributed by atoms with Crippen LogP contribution in [0.3, 0.4) is 0 Å². The molecular formula is C26H18Br2N4S2. The van der Waals surface area contributed by atoms with Gasteiger partial charge in [0, 0.05) is 29.9 Å². The summed E-state index contributed by atoms with van der Waals surface area (Å²) in [6, 6.07) is 36.3. The highest BCUT2D eigenvalue weighted by Crippen LogP contribution is 2.23. The molecule has 0 saturated carbocycles. The van der Waals surface area contributed by atoms with Crippen LogP contribution in [0.1, 0.15) is 11.1 Å². The summed E-state index contributed by atoms with van der Waals surface area (Å²) >= 11 is 7.05. The van der Waals surface area contributed by atoms with Crippen LogP contribution >= 0.6 is 31.9 Å². The van der Waals surface area contributed by atoms with Gasteiger partial charge in [0.15, 0.2) is 11.7 Å². The molecule has 1 aliphatic heterocycles. The molecule has 2 atom stereocenters. The van der Waals surface area contributed by atoms with Gasteiger partial charge in [0.2, 0.25) is 0 Å². The van der Waals surface area contributed by atoms with E-state index < -0.39 is 21.8 Å². The Bertz CT molecular complexity index is 1320. The van der Waals surface area contributed by atoms with Crippen molar-refractivity contribution < 1.29 is 0 Å². The predicted molar refractivity (Wildman–Crippen MR) is 150 cm³/mol. The molecule has 4 aromatic carbocycles. The first-order valence-corrected chi connectivity index (χ1v) is 14.2. The Morgan fingerprint density at radius 2 is 0.794 bits per heavy atom. The van der Waals surface area contributed by atoms with Gasteiger partial charge in [-0.05, 0) is 48.5 Å². The molecule has 0 aliphatic carbocycles. The Hall–Kier alpha value is -2.52. The summed E-state index contributed by atoms with van der Waals surface area (Å²) in [5.74, 6) is 1.29. The van der Waals surface area contributed by atoms with Crippen LogP contribution in [0.25, 0.3) is 0 Å². The predicted octanol–water partition coefficient (Wildman–Crippen LogP) is 7.97. The van der Waals surface area contributed by atoms with Crippen LogP contribution in [-0.4, -0.2) is 11.7 Å². The Balaban J connectivity index is 1.75. The smallest absolute Gasteiger partial charge is 0.177 e. The first kappa shape index (κ1) is 23.2. The normalized spacial score (nSPS) is 21.9. The SMILES string of the molecule is Brc1ccc(C2=N/S(c3ccccc3)=N\C(c3ccc(Br)cc3)=N/S(c3ccccc3)=N\2)cc1. The maximum absolute atomic E-state index is 5.09. The molecule has 1 heterocycles. The van der Waals surface area contributed by atoms with Crippen molar-refractivity contribution in [2.75, 3.05) is 0 Å². The second-order valence-corrected chi connectivity index (χ2v) is 11.7. The van der Waals surface area contributed by atoms with Crippen LogP contribution in [0.2, 0.25) is 0 Å². The summed E-state index contributed by atoms with van der Waals surface area (Å²) in [5, 5.41) is 0. The van der Waals surface area contributed by atoms with Gasteiger partial charge in [-0.1, -0.05) is 92.5 Å². The van der Waals surface area contributed by atoms with Crippen LogP contribution in [-0.2, 0) is 21.8 Å². The Kier molecular flexibility index (Phi) is 7.39. The third-order valence-electron chi connectivity index (χ3n) is 4.80. The van der Waals surface area contributed by atoms with Crippen molar-refractivity contribution >= 4 is 65.3 Å².